The highest BCUT2D eigenvalue weighted by atomic mass is 35.5. The molecule has 0 radical (unpaired) electrons. The van der Waals surface area contributed by atoms with Crippen molar-refractivity contribution in [1.29, 1.82) is 0 Å². The zero-order valence-corrected chi connectivity index (χ0v) is 21.0. The molecule has 4 aromatic rings. The average molecular weight is 554 g/mol. The second-order valence-electron chi connectivity index (χ2n) is 7.86. The van der Waals surface area contributed by atoms with Gasteiger partial charge in [0.2, 0.25) is 0 Å². The van der Waals surface area contributed by atoms with Crippen molar-refractivity contribution in [3.63, 3.8) is 0 Å². The SMILES string of the molecule is CC(=O)O.CCc1nc(Cn2nc(-c3ccc(Cl)cc3)n(CCC(F)(F)F)c2=O)nn1-c1ncccc1O. The molecule has 0 bridgehead atoms. The zero-order chi connectivity index (χ0) is 28.0. The number of halogens is 4. The standard InChI is InChI=1S/C21H19ClF3N7O2.C2H4O2/c1-2-17-27-16(28-32(17)19-15(33)4-3-10-26-19)12-31-20(34)30(11-9-21(23,24)25)18(29-31)13-5-7-14(22)8-6-13;1-2(3)4/h3-8,10,33H,2,9,11-12H2,1H3;1H3,(H,3,4). The molecular weight excluding hydrogens is 531 g/mol. The van der Waals surface area contributed by atoms with Crippen LogP contribution in [-0.2, 0) is 24.3 Å². The van der Waals surface area contributed by atoms with Gasteiger partial charge in [-0.2, -0.15) is 17.9 Å². The van der Waals surface area contributed by atoms with E-state index in [-0.39, 0.29) is 29.8 Å². The first kappa shape index (κ1) is 28.4. The summed E-state index contributed by atoms with van der Waals surface area (Å²) in [5.41, 5.74) is -0.294. The Labute approximate surface area is 218 Å². The van der Waals surface area contributed by atoms with Crippen molar-refractivity contribution in [2.24, 2.45) is 0 Å². The van der Waals surface area contributed by atoms with Crippen LogP contribution >= 0.6 is 11.6 Å². The number of hydrogen-bond acceptors (Lipinski definition) is 7. The van der Waals surface area contributed by atoms with Gasteiger partial charge in [-0.25, -0.2) is 19.4 Å². The average Bonchev–Trinajstić information content (AvgIpc) is 3.38. The summed E-state index contributed by atoms with van der Waals surface area (Å²) in [5, 5.41) is 26.6. The van der Waals surface area contributed by atoms with Gasteiger partial charge in [0.05, 0.1) is 6.42 Å². The predicted molar refractivity (Wildman–Crippen MR) is 130 cm³/mol. The molecule has 0 aliphatic rings. The first-order valence-corrected chi connectivity index (χ1v) is 11.6. The van der Waals surface area contributed by atoms with E-state index in [9.17, 15) is 23.1 Å². The number of hydrogen-bond donors (Lipinski definition) is 2. The summed E-state index contributed by atoms with van der Waals surface area (Å²) in [6, 6.07) is 9.28. The number of nitrogens with zero attached hydrogens (tertiary/aromatic N) is 7. The molecule has 0 saturated carbocycles. The number of carbonyl (C=O) groups is 1. The number of aromatic hydroxyl groups is 1. The molecule has 3 aromatic heterocycles. The summed E-state index contributed by atoms with van der Waals surface area (Å²) in [4.78, 5) is 30.5. The molecule has 0 amide bonds. The van der Waals surface area contributed by atoms with Crippen molar-refractivity contribution in [1.82, 2.24) is 34.1 Å². The first-order valence-electron chi connectivity index (χ1n) is 11.2. The minimum absolute atomic E-state index is 0.0726. The van der Waals surface area contributed by atoms with Gasteiger partial charge >= 0.3 is 11.9 Å². The highest BCUT2D eigenvalue weighted by Crippen LogP contribution is 2.24. The van der Waals surface area contributed by atoms with Crippen molar-refractivity contribution in [3.05, 3.63) is 69.8 Å². The Balaban J connectivity index is 0.000000934. The highest BCUT2D eigenvalue weighted by Gasteiger charge is 2.28. The number of aromatic nitrogens is 7. The normalized spacial score (nSPS) is 11.2. The molecule has 0 saturated heterocycles. The van der Waals surface area contributed by atoms with Crippen LogP contribution in [0.1, 0.15) is 31.9 Å². The van der Waals surface area contributed by atoms with Crippen molar-refractivity contribution in [3.8, 4) is 23.0 Å². The Bertz CT molecular complexity index is 1460. The Kier molecular flexibility index (Phi) is 8.88. The molecule has 0 atom stereocenters. The van der Waals surface area contributed by atoms with E-state index in [1.807, 2.05) is 6.92 Å². The number of alkyl halides is 3. The summed E-state index contributed by atoms with van der Waals surface area (Å²) < 4.78 is 42.0. The summed E-state index contributed by atoms with van der Waals surface area (Å²) in [5.74, 6) is -0.0303. The van der Waals surface area contributed by atoms with Crippen molar-refractivity contribution in [2.75, 3.05) is 0 Å². The molecule has 3 heterocycles. The predicted octanol–water partition coefficient (Wildman–Crippen LogP) is 3.70. The lowest BCUT2D eigenvalue weighted by Crippen LogP contribution is -2.27. The lowest BCUT2D eigenvalue weighted by molar-refractivity contribution is -0.137. The monoisotopic (exact) mass is 553 g/mol. The minimum atomic E-state index is -4.44. The minimum Gasteiger partial charge on any atom is -0.504 e. The molecule has 0 fully saturated rings. The molecule has 0 unspecified atom stereocenters. The maximum atomic E-state index is 13.0. The van der Waals surface area contributed by atoms with Crippen LogP contribution in [0.2, 0.25) is 5.02 Å². The van der Waals surface area contributed by atoms with Gasteiger partial charge in [-0.1, -0.05) is 18.5 Å². The van der Waals surface area contributed by atoms with Crippen LogP contribution in [0.4, 0.5) is 13.2 Å². The molecular formula is C23H23ClF3N7O4. The number of carboxylic acid groups (broad SMARTS) is 1. The molecule has 2 N–H and O–H groups in total. The van der Waals surface area contributed by atoms with Gasteiger partial charge in [-0.3, -0.25) is 9.36 Å². The quantitative estimate of drug-likeness (QED) is 0.353. The second-order valence-corrected chi connectivity index (χ2v) is 8.30. The van der Waals surface area contributed by atoms with E-state index in [0.717, 1.165) is 16.2 Å². The summed E-state index contributed by atoms with van der Waals surface area (Å²) in [6.45, 7) is 2.14. The maximum absolute atomic E-state index is 13.0. The van der Waals surface area contributed by atoms with Crippen LogP contribution < -0.4 is 5.69 Å². The van der Waals surface area contributed by atoms with Crippen molar-refractivity contribution < 1.29 is 28.2 Å². The number of benzene rings is 1. The highest BCUT2D eigenvalue weighted by molar-refractivity contribution is 6.30. The van der Waals surface area contributed by atoms with Crippen LogP contribution in [0.3, 0.4) is 0 Å². The number of pyridine rings is 1. The number of aryl methyl sites for hydroxylation is 1. The summed E-state index contributed by atoms with van der Waals surface area (Å²) in [7, 11) is 0. The molecule has 1 aromatic carbocycles. The lowest BCUT2D eigenvalue weighted by Gasteiger charge is -2.08. The van der Waals surface area contributed by atoms with Gasteiger partial charge in [-0.05, 0) is 36.4 Å². The number of rotatable bonds is 7. The van der Waals surface area contributed by atoms with Gasteiger partial charge in [0.15, 0.2) is 23.2 Å². The van der Waals surface area contributed by atoms with E-state index >= 15 is 0 Å². The van der Waals surface area contributed by atoms with Gasteiger partial charge in [0.25, 0.3) is 5.97 Å². The molecule has 15 heteroatoms. The largest absolute Gasteiger partial charge is 0.504 e. The molecule has 4 rings (SSSR count). The van der Waals surface area contributed by atoms with Gasteiger partial charge in [-0.15, -0.1) is 10.2 Å². The van der Waals surface area contributed by atoms with E-state index in [4.69, 9.17) is 21.5 Å². The molecule has 0 aliphatic carbocycles. The molecule has 11 nitrogen and oxygen atoms in total. The third kappa shape index (κ3) is 7.18. The third-order valence-corrected chi connectivity index (χ3v) is 5.19. The fourth-order valence-corrected chi connectivity index (χ4v) is 3.47. The van der Waals surface area contributed by atoms with E-state index in [0.29, 0.717) is 22.8 Å². The van der Waals surface area contributed by atoms with Gasteiger partial charge in [0.1, 0.15) is 12.4 Å². The molecule has 0 spiro atoms. The Morgan fingerprint density at radius 3 is 2.37 bits per heavy atom. The maximum Gasteiger partial charge on any atom is 0.390 e. The van der Waals surface area contributed by atoms with Crippen LogP contribution in [0.15, 0.2) is 47.4 Å². The van der Waals surface area contributed by atoms with Crippen LogP contribution in [-0.4, -0.2) is 56.5 Å². The topological polar surface area (TPSA) is 141 Å². The third-order valence-electron chi connectivity index (χ3n) is 4.94. The second kappa shape index (κ2) is 11.9. The smallest absolute Gasteiger partial charge is 0.390 e. The van der Waals surface area contributed by atoms with Crippen molar-refractivity contribution >= 4 is 17.6 Å². The van der Waals surface area contributed by atoms with Crippen molar-refractivity contribution in [2.45, 2.75) is 46.0 Å². The van der Waals surface area contributed by atoms with Gasteiger partial charge in [0, 0.05) is 36.7 Å². The van der Waals surface area contributed by atoms with Gasteiger partial charge < -0.3 is 10.2 Å². The fraction of sp³-hybridized carbons (Fsp3) is 0.304. The van der Waals surface area contributed by atoms with Crippen LogP contribution in [0.5, 0.6) is 5.75 Å². The summed E-state index contributed by atoms with van der Waals surface area (Å²) >= 11 is 5.91. The van der Waals surface area contributed by atoms with Crippen LogP contribution in [0.25, 0.3) is 17.2 Å². The Morgan fingerprint density at radius 2 is 1.79 bits per heavy atom. The number of aliphatic carboxylic acids is 1. The Morgan fingerprint density at radius 1 is 1.13 bits per heavy atom. The van der Waals surface area contributed by atoms with E-state index < -0.39 is 30.8 Å². The lowest BCUT2D eigenvalue weighted by atomic mass is 10.2. The summed E-state index contributed by atoms with van der Waals surface area (Å²) in [6.07, 6.45) is -3.69. The molecule has 0 aliphatic heterocycles. The molecule has 202 valence electrons. The van der Waals surface area contributed by atoms with Crippen LogP contribution in [0, 0.1) is 0 Å². The van der Waals surface area contributed by atoms with E-state index in [1.54, 1.807) is 30.3 Å². The first-order chi connectivity index (χ1) is 17.9. The van der Waals surface area contributed by atoms with E-state index in [2.05, 4.69) is 20.2 Å². The van der Waals surface area contributed by atoms with E-state index in [1.165, 1.54) is 16.9 Å². The fourth-order valence-electron chi connectivity index (χ4n) is 3.34. The number of carboxylic acids is 1. The Hall–Kier alpha value is -4.20. The zero-order valence-electron chi connectivity index (χ0n) is 20.2. The molecule has 38 heavy (non-hydrogen) atoms.